The Labute approximate surface area is 87.1 Å². The van der Waals surface area contributed by atoms with Crippen molar-refractivity contribution in [1.29, 1.82) is 0 Å². The lowest BCUT2D eigenvalue weighted by molar-refractivity contribution is -1.05. The first-order valence-electron chi connectivity index (χ1n) is 5.23. The zero-order chi connectivity index (χ0) is 11.4. The molecule has 2 unspecified atom stereocenters. The third-order valence-electron chi connectivity index (χ3n) is 2.53. The van der Waals surface area contributed by atoms with Gasteiger partial charge in [-0.05, 0) is 33.6 Å². The molecule has 4 nitrogen and oxygen atoms in total. The highest BCUT2D eigenvalue weighted by atomic mass is 16.9. The highest BCUT2D eigenvalue weighted by Gasteiger charge is 2.32. The highest BCUT2D eigenvalue weighted by Crippen LogP contribution is 2.17. The van der Waals surface area contributed by atoms with Gasteiger partial charge in [0.15, 0.2) is 5.72 Å². The van der Waals surface area contributed by atoms with Crippen LogP contribution < -0.4 is 10.5 Å². The molecule has 0 saturated carbocycles. The van der Waals surface area contributed by atoms with Crippen molar-refractivity contribution in [3.63, 3.8) is 0 Å². The Morgan fingerprint density at radius 1 is 1.21 bits per heavy atom. The Morgan fingerprint density at radius 3 is 2.00 bits per heavy atom. The SMILES string of the molecule is CCC(C)(C)NC(C)(CC)O[NH+](C)[O-]. The Bertz CT molecular complexity index is 172. The molecule has 14 heavy (non-hydrogen) atoms. The van der Waals surface area contributed by atoms with Gasteiger partial charge in [0.05, 0.1) is 7.05 Å². The lowest BCUT2D eigenvalue weighted by Gasteiger charge is -2.38. The van der Waals surface area contributed by atoms with Crippen molar-refractivity contribution in [3.8, 4) is 0 Å². The molecule has 0 aromatic heterocycles. The fourth-order valence-corrected chi connectivity index (χ4v) is 1.31. The number of hydroxylamine groups is 2. The average Bonchev–Trinajstić information content (AvgIpc) is 2.02. The normalized spacial score (nSPS) is 19.1. The molecule has 0 heterocycles. The summed E-state index contributed by atoms with van der Waals surface area (Å²) in [6.07, 6.45) is 1.75. The Balaban J connectivity index is 4.39. The van der Waals surface area contributed by atoms with Crippen LogP contribution in [0, 0.1) is 5.21 Å². The molecule has 2 N–H and O–H groups in total. The van der Waals surface area contributed by atoms with Gasteiger partial charge in [-0.25, -0.2) is 5.23 Å². The third-order valence-corrected chi connectivity index (χ3v) is 2.53. The van der Waals surface area contributed by atoms with E-state index in [0.717, 1.165) is 12.8 Å². The van der Waals surface area contributed by atoms with E-state index in [1.54, 1.807) is 0 Å². The van der Waals surface area contributed by atoms with Gasteiger partial charge in [0, 0.05) is 5.54 Å². The fraction of sp³-hybridized carbons (Fsp3) is 1.00. The van der Waals surface area contributed by atoms with Crippen molar-refractivity contribution in [3.05, 3.63) is 5.21 Å². The molecule has 0 aliphatic heterocycles. The van der Waals surface area contributed by atoms with Crippen molar-refractivity contribution in [1.82, 2.24) is 5.32 Å². The smallest absolute Gasteiger partial charge is 0.175 e. The first-order chi connectivity index (χ1) is 6.24. The van der Waals surface area contributed by atoms with Crippen LogP contribution in [-0.4, -0.2) is 18.3 Å². The minimum atomic E-state index is -0.550. The van der Waals surface area contributed by atoms with Crippen LogP contribution in [0.1, 0.15) is 47.5 Å². The second-order valence-electron chi connectivity index (χ2n) is 4.54. The summed E-state index contributed by atoms with van der Waals surface area (Å²) in [5.41, 5.74) is -0.564. The second-order valence-corrected chi connectivity index (χ2v) is 4.54. The van der Waals surface area contributed by atoms with E-state index >= 15 is 0 Å². The predicted octanol–water partition coefficient (Wildman–Crippen LogP) is 0.835. The first kappa shape index (κ1) is 13.8. The van der Waals surface area contributed by atoms with Gasteiger partial charge >= 0.3 is 0 Å². The molecule has 0 radical (unpaired) electrons. The van der Waals surface area contributed by atoms with E-state index in [0.29, 0.717) is 0 Å². The van der Waals surface area contributed by atoms with Crippen molar-refractivity contribution in [2.75, 3.05) is 7.05 Å². The van der Waals surface area contributed by atoms with Crippen molar-refractivity contribution in [2.45, 2.75) is 58.7 Å². The summed E-state index contributed by atoms with van der Waals surface area (Å²) < 4.78 is 0. The predicted molar refractivity (Wildman–Crippen MR) is 57.5 cm³/mol. The molecule has 0 amide bonds. The van der Waals surface area contributed by atoms with Crippen molar-refractivity contribution < 1.29 is 10.1 Å². The van der Waals surface area contributed by atoms with Gasteiger partial charge < -0.3 is 5.21 Å². The van der Waals surface area contributed by atoms with E-state index in [1.807, 2.05) is 13.8 Å². The van der Waals surface area contributed by atoms with Gasteiger partial charge in [-0.2, -0.15) is 4.84 Å². The Morgan fingerprint density at radius 2 is 1.71 bits per heavy atom. The molecule has 0 spiro atoms. The number of nitrogens with one attached hydrogen (secondary N) is 2. The van der Waals surface area contributed by atoms with Gasteiger partial charge in [0.25, 0.3) is 0 Å². The summed E-state index contributed by atoms with van der Waals surface area (Å²) in [7, 11) is 1.44. The third kappa shape index (κ3) is 4.91. The van der Waals surface area contributed by atoms with E-state index in [4.69, 9.17) is 4.84 Å². The number of hydrogen-bond acceptors (Lipinski definition) is 3. The molecule has 0 aromatic carbocycles. The molecule has 0 fully saturated rings. The molecule has 86 valence electrons. The second kappa shape index (κ2) is 5.07. The van der Waals surface area contributed by atoms with Crippen LogP contribution in [0.3, 0.4) is 0 Å². The number of hydrogen-bond donors (Lipinski definition) is 2. The molecule has 2 atom stereocenters. The van der Waals surface area contributed by atoms with Gasteiger partial charge in [0.2, 0.25) is 0 Å². The van der Waals surface area contributed by atoms with E-state index in [2.05, 4.69) is 26.1 Å². The molecule has 0 bridgehead atoms. The van der Waals surface area contributed by atoms with Crippen LogP contribution in [0.4, 0.5) is 0 Å². The maximum Gasteiger partial charge on any atom is 0.175 e. The summed E-state index contributed by atoms with van der Waals surface area (Å²) in [4.78, 5) is 5.27. The molecular weight excluding hydrogens is 180 g/mol. The van der Waals surface area contributed by atoms with Crippen LogP contribution in [0.25, 0.3) is 0 Å². The largest absolute Gasteiger partial charge is 0.600 e. The van der Waals surface area contributed by atoms with Crippen LogP contribution in [0.15, 0.2) is 0 Å². The lowest BCUT2D eigenvalue weighted by Crippen LogP contribution is -3.05. The molecule has 0 aliphatic carbocycles. The lowest BCUT2D eigenvalue weighted by atomic mass is 9.99. The van der Waals surface area contributed by atoms with Crippen molar-refractivity contribution >= 4 is 0 Å². The molecule has 0 aliphatic rings. The zero-order valence-electron chi connectivity index (χ0n) is 10.2. The molecule has 0 rings (SSSR count). The average molecular weight is 204 g/mol. The first-order valence-corrected chi connectivity index (χ1v) is 5.23. The fourth-order valence-electron chi connectivity index (χ4n) is 1.31. The molecule has 0 saturated heterocycles. The maximum absolute atomic E-state index is 10.9. The van der Waals surface area contributed by atoms with Crippen molar-refractivity contribution in [2.24, 2.45) is 0 Å². The maximum atomic E-state index is 10.9. The van der Waals surface area contributed by atoms with Gasteiger partial charge in [-0.3, -0.25) is 5.32 Å². The van der Waals surface area contributed by atoms with Crippen LogP contribution in [0.2, 0.25) is 0 Å². The molecular formula is C10H24N2O2. The van der Waals surface area contributed by atoms with Gasteiger partial charge in [0.1, 0.15) is 0 Å². The zero-order valence-corrected chi connectivity index (χ0v) is 10.2. The Kier molecular flexibility index (Phi) is 5.01. The van der Waals surface area contributed by atoms with E-state index in [1.165, 1.54) is 7.05 Å². The van der Waals surface area contributed by atoms with E-state index in [9.17, 15) is 5.21 Å². The summed E-state index contributed by atoms with van der Waals surface area (Å²) in [5.74, 6) is 0. The molecule has 4 heteroatoms. The standard InChI is InChI=1S/C10H24N2O2/c1-7-9(3,4)11-10(5,8-2)14-12(6)13/h11-12H,7-8H2,1-6H3. The van der Waals surface area contributed by atoms with Crippen LogP contribution >= 0.6 is 0 Å². The van der Waals surface area contributed by atoms with Gasteiger partial charge in [-0.15, -0.1) is 0 Å². The summed E-state index contributed by atoms with van der Waals surface area (Å²) >= 11 is 0. The highest BCUT2D eigenvalue weighted by molar-refractivity contribution is 4.82. The topological polar surface area (TPSA) is 48.8 Å². The van der Waals surface area contributed by atoms with Crippen LogP contribution in [-0.2, 0) is 4.84 Å². The quantitative estimate of drug-likeness (QED) is 0.498. The number of quaternary nitrogens is 1. The van der Waals surface area contributed by atoms with E-state index < -0.39 is 5.72 Å². The van der Waals surface area contributed by atoms with E-state index in [-0.39, 0.29) is 10.8 Å². The number of rotatable bonds is 6. The minimum Gasteiger partial charge on any atom is -0.600 e. The minimum absolute atomic E-state index is 0.0137. The summed E-state index contributed by atoms with van der Waals surface area (Å²) in [6.45, 7) is 10.2. The van der Waals surface area contributed by atoms with Gasteiger partial charge in [-0.1, -0.05) is 13.8 Å². The summed E-state index contributed by atoms with van der Waals surface area (Å²) in [5, 5.41) is 14.0. The Hall–Kier alpha value is -0.160. The monoisotopic (exact) mass is 204 g/mol. The van der Waals surface area contributed by atoms with Crippen LogP contribution in [0.5, 0.6) is 0 Å². The summed E-state index contributed by atoms with van der Waals surface area (Å²) in [6, 6.07) is 0. The molecule has 0 aromatic rings.